The van der Waals surface area contributed by atoms with Crippen molar-refractivity contribution in [3.63, 3.8) is 0 Å². The summed E-state index contributed by atoms with van der Waals surface area (Å²) in [6, 6.07) is 0. The molecule has 0 unspecified atom stereocenters. The Bertz CT molecular complexity index is 170. The number of carbonyl (C=O) groups is 2. The van der Waals surface area contributed by atoms with Gasteiger partial charge in [0.2, 0.25) is 0 Å². The lowest BCUT2D eigenvalue weighted by atomic mass is 10.8. The monoisotopic (exact) mass is 191 g/mol. The average Bonchev–Trinajstić information content (AvgIpc) is 1.97. The van der Waals surface area contributed by atoms with Crippen LogP contribution in [0.4, 0.5) is 4.79 Å². The molecule has 12 heavy (non-hydrogen) atoms. The first-order chi connectivity index (χ1) is 5.54. The Labute approximate surface area is 76.2 Å². The van der Waals surface area contributed by atoms with Crippen molar-refractivity contribution in [2.75, 3.05) is 26.5 Å². The van der Waals surface area contributed by atoms with E-state index in [4.69, 9.17) is 0 Å². The zero-order valence-electron chi connectivity index (χ0n) is 7.49. The summed E-state index contributed by atoms with van der Waals surface area (Å²) in [4.78, 5) is 22.7. The van der Waals surface area contributed by atoms with E-state index < -0.39 is 0 Å². The number of thioether (sulfide) groups is 1. The molecule has 0 rings (SSSR count). The van der Waals surface area contributed by atoms with E-state index in [0.717, 1.165) is 11.8 Å². The molecule has 0 aromatic carbocycles. The van der Waals surface area contributed by atoms with Crippen LogP contribution < -0.4 is 0 Å². The van der Waals surface area contributed by atoms with Gasteiger partial charge in [-0.2, -0.15) is 0 Å². The third-order valence-electron chi connectivity index (χ3n) is 0.979. The van der Waals surface area contributed by atoms with Gasteiger partial charge < -0.3 is 9.64 Å². The SMILES string of the molecule is CC(=O)OCCSC(=O)N(C)C. The van der Waals surface area contributed by atoms with Crippen molar-refractivity contribution in [1.29, 1.82) is 0 Å². The number of amides is 1. The van der Waals surface area contributed by atoms with Gasteiger partial charge in [-0.3, -0.25) is 9.59 Å². The summed E-state index contributed by atoms with van der Waals surface area (Å²) in [6.07, 6.45) is 0. The van der Waals surface area contributed by atoms with Crippen LogP contribution in [0.2, 0.25) is 0 Å². The number of hydrogen-bond donors (Lipinski definition) is 0. The molecular formula is C7H13NO3S. The van der Waals surface area contributed by atoms with Crippen molar-refractivity contribution < 1.29 is 14.3 Å². The lowest BCUT2D eigenvalue weighted by Crippen LogP contribution is -2.17. The lowest BCUT2D eigenvalue weighted by Gasteiger charge is -2.08. The van der Waals surface area contributed by atoms with Gasteiger partial charge in [0.05, 0.1) is 0 Å². The molecule has 0 aliphatic carbocycles. The summed E-state index contributed by atoms with van der Waals surface area (Å²) in [6.45, 7) is 1.64. The number of nitrogens with zero attached hydrogens (tertiary/aromatic N) is 1. The maximum absolute atomic E-state index is 10.9. The van der Waals surface area contributed by atoms with Crippen LogP contribution in [0.3, 0.4) is 0 Å². The number of esters is 1. The number of rotatable bonds is 3. The van der Waals surface area contributed by atoms with Gasteiger partial charge in [0.25, 0.3) is 5.24 Å². The molecule has 0 N–H and O–H groups in total. The first-order valence-corrected chi connectivity index (χ1v) is 4.50. The summed E-state index contributed by atoms with van der Waals surface area (Å²) in [5.74, 6) is 0.198. The molecule has 0 fully saturated rings. The molecule has 4 nitrogen and oxygen atoms in total. The van der Waals surface area contributed by atoms with Crippen molar-refractivity contribution >= 4 is 23.0 Å². The van der Waals surface area contributed by atoms with Crippen molar-refractivity contribution in [2.24, 2.45) is 0 Å². The van der Waals surface area contributed by atoms with E-state index in [2.05, 4.69) is 4.74 Å². The first kappa shape index (κ1) is 11.3. The van der Waals surface area contributed by atoms with Gasteiger partial charge in [-0.25, -0.2) is 0 Å². The topological polar surface area (TPSA) is 46.6 Å². The van der Waals surface area contributed by atoms with Crippen molar-refractivity contribution in [3.05, 3.63) is 0 Å². The highest BCUT2D eigenvalue weighted by molar-refractivity contribution is 8.13. The van der Waals surface area contributed by atoms with Gasteiger partial charge in [-0.15, -0.1) is 0 Å². The number of carbonyl (C=O) groups excluding carboxylic acids is 2. The normalized spacial score (nSPS) is 9.25. The van der Waals surface area contributed by atoms with Gasteiger partial charge in [0, 0.05) is 26.8 Å². The quantitative estimate of drug-likeness (QED) is 0.492. The summed E-state index contributed by atoms with van der Waals surface area (Å²) < 4.78 is 4.64. The summed E-state index contributed by atoms with van der Waals surface area (Å²) in [7, 11) is 3.36. The molecule has 0 aliphatic heterocycles. The van der Waals surface area contributed by atoms with E-state index in [1.165, 1.54) is 11.8 Å². The van der Waals surface area contributed by atoms with E-state index in [9.17, 15) is 9.59 Å². The maximum atomic E-state index is 10.9. The van der Waals surface area contributed by atoms with Crippen LogP contribution in [0.15, 0.2) is 0 Å². The Hall–Kier alpha value is -0.710. The Morgan fingerprint density at radius 2 is 2.00 bits per heavy atom. The summed E-state index contributed by atoms with van der Waals surface area (Å²) >= 11 is 1.14. The molecule has 0 heterocycles. The van der Waals surface area contributed by atoms with Crippen molar-refractivity contribution in [1.82, 2.24) is 4.90 Å². The highest BCUT2D eigenvalue weighted by Gasteiger charge is 2.03. The van der Waals surface area contributed by atoms with Crippen LogP contribution in [0.5, 0.6) is 0 Å². The second-order valence-corrected chi connectivity index (χ2v) is 3.40. The standard InChI is InChI=1S/C7H13NO3S/c1-6(9)11-4-5-12-7(10)8(2)3/h4-5H2,1-3H3. The van der Waals surface area contributed by atoms with Gasteiger partial charge >= 0.3 is 5.97 Å². The fourth-order valence-electron chi connectivity index (χ4n) is 0.443. The minimum atomic E-state index is -0.312. The minimum absolute atomic E-state index is 0.0258. The third kappa shape index (κ3) is 6.03. The molecule has 0 radical (unpaired) electrons. The molecule has 0 aromatic heterocycles. The zero-order chi connectivity index (χ0) is 9.56. The molecule has 0 aliphatic rings. The van der Waals surface area contributed by atoms with Crippen LogP contribution in [-0.4, -0.2) is 42.6 Å². The molecule has 0 aromatic rings. The van der Waals surface area contributed by atoms with Gasteiger partial charge in [-0.1, -0.05) is 11.8 Å². The Morgan fingerprint density at radius 1 is 1.42 bits per heavy atom. The molecule has 0 saturated carbocycles. The number of ether oxygens (including phenoxy) is 1. The second-order valence-electron chi connectivity index (χ2n) is 2.35. The Morgan fingerprint density at radius 3 is 2.42 bits per heavy atom. The number of hydrogen-bond acceptors (Lipinski definition) is 4. The zero-order valence-corrected chi connectivity index (χ0v) is 8.31. The smallest absolute Gasteiger partial charge is 0.302 e. The highest BCUT2D eigenvalue weighted by atomic mass is 32.2. The second kappa shape index (κ2) is 5.88. The van der Waals surface area contributed by atoms with Crippen LogP contribution >= 0.6 is 11.8 Å². The largest absolute Gasteiger partial charge is 0.465 e. The molecule has 0 atom stereocenters. The summed E-state index contributed by atoms with van der Waals surface area (Å²) in [5, 5.41) is -0.0258. The van der Waals surface area contributed by atoms with Crippen LogP contribution in [0, 0.1) is 0 Å². The predicted octanol–water partition coefficient (Wildman–Crippen LogP) is 0.964. The van der Waals surface area contributed by atoms with Gasteiger partial charge in [0.1, 0.15) is 6.61 Å². The molecule has 5 heteroatoms. The molecular weight excluding hydrogens is 178 g/mol. The van der Waals surface area contributed by atoms with Gasteiger partial charge in [-0.05, 0) is 0 Å². The van der Waals surface area contributed by atoms with Crippen LogP contribution in [0.25, 0.3) is 0 Å². The van der Waals surface area contributed by atoms with Gasteiger partial charge in [0.15, 0.2) is 0 Å². The average molecular weight is 191 g/mol. The van der Waals surface area contributed by atoms with E-state index >= 15 is 0 Å². The molecule has 70 valence electrons. The fraction of sp³-hybridized carbons (Fsp3) is 0.714. The Balaban J connectivity index is 3.32. The third-order valence-corrected chi connectivity index (χ3v) is 1.96. The van der Waals surface area contributed by atoms with E-state index in [1.54, 1.807) is 14.1 Å². The molecule has 1 amide bonds. The lowest BCUT2D eigenvalue weighted by molar-refractivity contribution is -0.140. The molecule has 0 spiro atoms. The van der Waals surface area contributed by atoms with Crippen molar-refractivity contribution in [2.45, 2.75) is 6.92 Å². The van der Waals surface area contributed by atoms with Crippen molar-refractivity contribution in [3.8, 4) is 0 Å². The predicted molar refractivity (Wildman–Crippen MR) is 48.2 cm³/mol. The summed E-state index contributed by atoms with van der Waals surface area (Å²) in [5.41, 5.74) is 0. The Kier molecular flexibility index (Phi) is 5.53. The van der Waals surface area contributed by atoms with E-state index in [0.29, 0.717) is 12.4 Å². The van der Waals surface area contributed by atoms with Crippen LogP contribution in [-0.2, 0) is 9.53 Å². The van der Waals surface area contributed by atoms with Crippen LogP contribution in [0.1, 0.15) is 6.92 Å². The fourth-order valence-corrected chi connectivity index (χ4v) is 1.04. The van der Waals surface area contributed by atoms with E-state index in [1.807, 2.05) is 0 Å². The molecule has 0 saturated heterocycles. The molecule has 0 bridgehead atoms. The first-order valence-electron chi connectivity index (χ1n) is 3.51. The maximum Gasteiger partial charge on any atom is 0.302 e. The van der Waals surface area contributed by atoms with E-state index in [-0.39, 0.29) is 11.2 Å². The minimum Gasteiger partial charge on any atom is -0.465 e. The highest BCUT2D eigenvalue weighted by Crippen LogP contribution is 2.04.